The third kappa shape index (κ3) is 5.82. The number of aromatic nitrogens is 2. The number of benzene rings is 1. The minimum absolute atomic E-state index is 0.0515. The fourth-order valence-corrected chi connectivity index (χ4v) is 3.38. The summed E-state index contributed by atoms with van der Waals surface area (Å²) >= 11 is 0. The number of alkyl halides is 3. The van der Waals surface area contributed by atoms with Gasteiger partial charge in [0.15, 0.2) is 0 Å². The number of amides is 1. The average molecular weight is 424 g/mol. The molecule has 162 valence electrons. The molecule has 0 radical (unpaired) electrons. The highest BCUT2D eigenvalue weighted by Gasteiger charge is 2.31. The monoisotopic (exact) mass is 424 g/mol. The zero-order chi connectivity index (χ0) is 21.7. The minimum atomic E-state index is -4.73. The fraction of sp³-hybridized carbons (Fsp3) is 0.450. The number of aliphatic hydroxyl groups is 1. The van der Waals surface area contributed by atoms with Gasteiger partial charge in [-0.15, -0.1) is 13.2 Å². The maximum absolute atomic E-state index is 12.3. The van der Waals surface area contributed by atoms with Gasteiger partial charge >= 0.3 is 6.36 Å². The van der Waals surface area contributed by atoms with E-state index < -0.39 is 6.36 Å². The Hall–Kier alpha value is -2.88. The largest absolute Gasteiger partial charge is 0.573 e. The van der Waals surface area contributed by atoms with Crippen molar-refractivity contribution in [2.75, 3.05) is 31.1 Å². The van der Waals surface area contributed by atoms with Crippen molar-refractivity contribution < 1.29 is 27.8 Å². The van der Waals surface area contributed by atoms with Crippen LogP contribution < -0.4 is 15.0 Å². The summed E-state index contributed by atoms with van der Waals surface area (Å²) in [6.45, 7) is 3.21. The molecule has 7 nitrogen and oxygen atoms in total. The lowest BCUT2D eigenvalue weighted by Gasteiger charge is -2.32. The Labute approximate surface area is 171 Å². The van der Waals surface area contributed by atoms with Crippen LogP contribution >= 0.6 is 0 Å². The van der Waals surface area contributed by atoms with Gasteiger partial charge in [-0.1, -0.05) is 0 Å². The first-order valence-electron chi connectivity index (χ1n) is 9.60. The van der Waals surface area contributed by atoms with Crippen LogP contribution in [0.4, 0.5) is 19.0 Å². The molecule has 2 heterocycles. The molecular weight excluding hydrogens is 401 g/mol. The van der Waals surface area contributed by atoms with Gasteiger partial charge in [-0.25, -0.2) is 9.97 Å². The molecule has 10 heteroatoms. The minimum Gasteiger partial charge on any atom is -0.406 e. The van der Waals surface area contributed by atoms with E-state index in [0.717, 1.165) is 0 Å². The molecule has 1 aromatic heterocycles. The quantitative estimate of drug-likeness (QED) is 0.742. The molecule has 1 amide bonds. The van der Waals surface area contributed by atoms with Gasteiger partial charge in [-0.05, 0) is 44.0 Å². The van der Waals surface area contributed by atoms with Gasteiger partial charge in [-0.2, -0.15) is 0 Å². The number of nitrogens with one attached hydrogen (secondary N) is 1. The first-order chi connectivity index (χ1) is 14.2. The van der Waals surface area contributed by atoms with Gasteiger partial charge in [-0.3, -0.25) is 4.79 Å². The smallest absolute Gasteiger partial charge is 0.406 e. The zero-order valence-electron chi connectivity index (χ0n) is 16.4. The lowest BCUT2D eigenvalue weighted by Crippen LogP contribution is -2.41. The maximum atomic E-state index is 12.3. The fourth-order valence-electron chi connectivity index (χ4n) is 3.38. The molecule has 2 N–H and O–H groups in total. The Bertz CT molecular complexity index is 867. The number of aliphatic hydroxyl groups excluding tert-OH is 1. The highest BCUT2D eigenvalue weighted by molar-refractivity contribution is 5.79. The summed E-state index contributed by atoms with van der Waals surface area (Å²) in [6, 6.07) is 7.32. The number of anilines is 1. The lowest BCUT2D eigenvalue weighted by molar-refractivity contribution is -0.274. The van der Waals surface area contributed by atoms with E-state index in [1.165, 1.54) is 24.3 Å². The van der Waals surface area contributed by atoms with Gasteiger partial charge in [0.05, 0.1) is 12.3 Å². The molecule has 1 aliphatic rings. The van der Waals surface area contributed by atoms with Gasteiger partial charge in [0, 0.05) is 37.2 Å². The molecule has 1 fully saturated rings. The normalized spacial score (nSPS) is 15.2. The molecule has 0 bridgehead atoms. The number of rotatable bonds is 6. The molecule has 0 unspecified atom stereocenters. The Morgan fingerprint density at radius 3 is 2.50 bits per heavy atom. The van der Waals surface area contributed by atoms with Crippen molar-refractivity contribution in [2.24, 2.45) is 5.92 Å². The molecule has 0 spiro atoms. The second kappa shape index (κ2) is 9.29. The predicted octanol–water partition coefficient (Wildman–Crippen LogP) is 2.68. The highest BCUT2D eigenvalue weighted by Crippen LogP contribution is 2.28. The number of ether oxygens (including phenoxy) is 1. The molecule has 1 saturated heterocycles. The summed E-state index contributed by atoms with van der Waals surface area (Å²) in [5.74, 6) is 0.808. The summed E-state index contributed by atoms with van der Waals surface area (Å²) in [4.78, 5) is 23.0. The van der Waals surface area contributed by atoms with Crippen LogP contribution in [0.5, 0.6) is 5.75 Å². The van der Waals surface area contributed by atoms with Crippen molar-refractivity contribution in [2.45, 2.75) is 26.1 Å². The number of carbonyl (C=O) groups excluding carboxylic acids is 1. The Morgan fingerprint density at radius 1 is 1.23 bits per heavy atom. The first kappa shape index (κ1) is 21.8. The number of nitrogens with zero attached hydrogens (tertiary/aromatic N) is 3. The van der Waals surface area contributed by atoms with Crippen molar-refractivity contribution in [1.82, 2.24) is 15.3 Å². The number of carbonyl (C=O) groups is 1. The molecule has 0 saturated carbocycles. The topological polar surface area (TPSA) is 87.6 Å². The highest BCUT2D eigenvalue weighted by atomic mass is 19.4. The Morgan fingerprint density at radius 2 is 1.90 bits per heavy atom. The zero-order valence-corrected chi connectivity index (χ0v) is 16.4. The van der Waals surface area contributed by atoms with Crippen molar-refractivity contribution in [3.8, 4) is 17.0 Å². The molecule has 1 aromatic carbocycles. The molecule has 2 aromatic rings. The third-order valence-electron chi connectivity index (χ3n) is 4.81. The van der Waals surface area contributed by atoms with Gasteiger partial charge in [0.2, 0.25) is 5.91 Å². The SMILES string of the molecule is Cc1nc(-c2ccc(OC(F)(F)F)cc2)cc(N2CCC(C(=O)NCCO)CC2)n1. The molecule has 1 aliphatic heterocycles. The average Bonchev–Trinajstić information content (AvgIpc) is 2.71. The predicted molar refractivity (Wildman–Crippen MR) is 104 cm³/mol. The van der Waals surface area contributed by atoms with Crippen LogP contribution in [-0.2, 0) is 4.79 Å². The van der Waals surface area contributed by atoms with Crippen molar-refractivity contribution in [3.63, 3.8) is 0 Å². The first-order valence-corrected chi connectivity index (χ1v) is 9.60. The van der Waals surface area contributed by atoms with Crippen LogP contribution in [0.1, 0.15) is 18.7 Å². The molecule has 3 rings (SSSR count). The number of piperidine rings is 1. The second-order valence-corrected chi connectivity index (χ2v) is 7.01. The van der Waals surface area contributed by atoms with Crippen molar-refractivity contribution in [3.05, 3.63) is 36.2 Å². The summed E-state index contributed by atoms with van der Waals surface area (Å²) in [5.41, 5.74) is 1.24. The maximum Gasteiger partial charge on any atom is 0.573 e. The van der Waals surface area contributed by atoms with E-state index in [-0.39, 0.29) is 30.7 Å². The van der Waals surface area contributed by atoms with Crippen LogP contribution in [0.25, 0.3) is 11.3 Å². The van der Waals surface area contributed by atoms with E-state index in [9.17, 15) is 18.0 Å². The number of hydrogen-bond acceptors (Lipinski definition) is 6. The van der Waals surface area contributed by atoms with E-state index >= 15 is 0 Å². The van der Waals surface area contributed by atoms with Gasteiger partial charge in [0.1, 0.15) is 17.4 Å². The third-order valence-corrected chi connectivity index (χ3v) is 4.81. The summed E-state index contributed by atoms with van der Waals surface area (Å²) in [6.07, 6.45) is -3.40. The molecule has 0 atom stereocenters. The van der Waals surface area contributed by atoms with Gasteiger partial charge in [0.25, 0.3) is 0 Å². The molecular formula is C20H23F3N4O3. The van der Waals surface area contributed by atoms with Gasteiger partial charge < -0.3 is 20.1 Å². The Kier molecular flexibility index (Phi) is 6.76. The van der Waals surface area contributed by atoms with Crippen LogP contribution in [0, 0.1) is 12.8 Å². The second-order valence-electron chi connectivity index (χ2n) is 7.01. The van der Waals surface area contributed by atoms with Crippen LogP contribution in [0.3, 0.4) is 0 Å². The summed E-state index contributed by atoms with van der Waals surface area (Å²) in [7, 11) is 0. The lowest BCUT2D eigenvalue weighted by atomic mass is 9.96. The summed E-state index contributed by atoms with van der Waals surface area (Å²) < 4.78 is 40.9. The van der Waals surface area contributed by atoms with Crippen LogP contribution in [0.2, 0.25) is 0 Å². The number of halogens is 3. The van der Waals surface area contributed by atoms with Crippen molar-refractivity contribution in [1.29, 1.82) is 0 Å². The number of aryl methyl sites for hydroxylation is 1. The standard InChI is InChI=1S/C20H23F3N4O3/c1-13-25-17(14-2-4-16(5-3-14)30-20(21,22)23)12-18(26-13)27-9-6-15(7-10-27)19(29)24-8-11-28/h2-5,12,15,28H,6-11H2,1H3,(H,24,29). The van der Waals surface area contributed by atoms with E-state index in [1.807, 2.05) is 0 Å². The van der Waals surface area contributed by atoms with E-state index in [0.29, 0.717) is 48.8 Å². The van der Waals surface area contributed by atoms with Crippen LogP contribution in [0.15, 0.2) is 30.3 Å². The van der Waals surface area contributed by atoms with E-state index in [4.69, 9.17) is 5.11 Å². The van der Waals surface area contributed by atoms with E-state index in [1.54, 1.807) is 13.0 Å². The Balaban J connectivity index is 1.69. The molecule has 30 heavy (non-hydrogen) atoms. The van der Waals surface area contributed by atoms with E-state index in [2.05, 4.69) is 24.9 Å². The van der Waals surface area contributed by atoms with Crippen LogP contribution in [-0.4, -0.2) is 53.6 Å². The molecule has 0 aliphatic carbocycles. The number of hydrogen-bond donors (Lipinski definition) is 2. The summed E-state index contributed by atoms with van der Waals surface area (Å²) in [5, 5.41) is 11.5. The van der Waals surface area contributed by atoms with Crippen molar-refractivity contribution >= 4 is 11.7 Å².